The zero-order valence-corrected chi connectivity index (χ0v) is 16.9. The first kappa shape index (κ1) is 19.5. The predicted molar refractivity (Wildman–Crippen MR) is 118 cm³/mol. The number of allylic oxidation sites excluding steroid dienone is 2. The molecule has 6 heteroatoms. The number of fused-ring (bicyclic) bond motifs is 1. The van der Waals surface area contributed by atoms with Crippen LogP contribution in [0.15, 0.2) is 102 Å². The van der Waals surface area contributed by atoms with Crippen LogP contribution in [0.3, 0.4) is 0 Å². The van der Waals surface area contributed by atoms with Crippen molar-refractivity contribution < 1.29 is 19.1 Å². The minimum atomic E-state index is -0.834. The Morgan fingerprint density at radius 2 is 1.31 bits per heavy atom. The van der Waals surface area contributed by atoms with Crippen LogP contribution in [-0.4, -0.2) is 17.8 Å². The van der Waals surface area contributed by atoms with Crippen LogP contribution in [-0.2, 0) is 9.59 Å². The van der Waals surface area contributed by atoms with E-state index in [9.17, 15) is 14.4 Å². The average molecular weight is 422 g/mol. The van der Waals surface area contributed by atoms with E-state index in [1.54, 1.807) is 0 Å². The van der Waals surface area contributed by atoms with Crippen LogP contribution in [0.25, 0.3) is 5.76 Å². The van der Waals surface area contributed by atoms with Gasteiger partial charge in [-0.1, -0.05) is 78.9 Å². The van der Waals surface area contributed by atoms with E-state index in [4.69, 9.17) is 4.74 Å². The monoisotopic (exact) mass is 422 g/mol. The summed E-state index contributed by atoms with van der Waals surface area (Å²) in [5.74, 6) is -0.533. The van der Waals surface area contributed by atoms with Crippen molar-refractivity contribution >= 4 is 23.6 Å². The minimum absolute atomic E-state index is 0.156. The SMILES string of the molecule is O=C1NC(=O)C(=CC2=C(c3ccccc3)Oc3ccccc3C2c2ccccc2)C(=O)N1. The van der Waals surface area contributed by atoms with Crippen LogP contribution in [0.2, 0.25) is 0 Å². The number of hydrogen-bond acceptors (Lipinski definition) is 4. The van der Waals surface area contributed by atoms with E-state index < -0.39 is 17.8 Å². The fourth-order valence-corrected chi connectivity index (χ4v) is 4.01. The lowest BCUT2D eigenvalue weighted by molar-refractivity contribution is -0.124. The third-order valence-corrected chi connectivity index (χ3v) is 5.43. The number of rotatable bonds is 3. The van der Waals surface area contributed by atoms with E-state index in [2.05, 4.69) is 10.6 Å². The molecule has 5 rings (SSSR count). The Hall–Kier alpha value is -4.45. The van der Waals surface area contributed by atoms with Gasteiger partial charge in [-0.05, 0) is 17.7 Å². The molecule has 2 aliphatic rings. The van der Waals surface area contributed by atoms with Gasteiger partial charge in [0.2, 0.25) is 0 Å². The maximum atomic E-state index is 12.5. The number of carbonyl (C=O) groups excluding carboxylic acids is 3. The first-order valence-electron chi connectivity index (χ1n) is 10.1. The van der Waals surface area contributed by atoms with Gasteiger partial charge in [-0.15, -0.1) is 0 Å². The van der Waals surface area contributed by atoms with E-state index >= 15 is 0 Å². The zero-order chi connectivity index (χ0) is 22.1. The second-order valence-electron chi connectivity index (χ2n) is 7.43. The molecule has 1 fully saturated rings. The molecule has 2 aliphatic heterocycles. The maximum absolute atomic E-state index is 12.5. The van der Waals surface area contributed by atoms with Gasteiger partial charge in [0, 0.05) is 22.6 Å². The van der Waals surface area contributed by atoms with Gasteiger partial charge < -0.3 is 4.74 Å². The Balaban J connectivity index is 1.78. The number of para-hydroxylation sites is 1. The topological polar surface area (TPSA) is 84.5 Å². The summed E-state index contributed by atoms with van der Waals surface area (Å²) < 4.78 is 6.32. The molecule has 4 amide bonds. The standard InChI is InChI=1S/C26H18N2O4/c29-24-20(25(30)28-26(31)27-24)15-19-22(16-9-3-1-4-10-16)18-13-7-8-14-21(18)32-23(19)17-11-5-2-6-12-17/h1-15,22H,(H2,27,28,29,30,31). The molecule has 0 spiro atoms. The molecule has 1 atom stereocenters. The highest BCUT2D eigenvalue weighted by molar-refractivity contribution is 6.29. The van der Waals surface area contributed by atoms with Crippen LogP contribution in [0.1, 0.15) is 22.6 Å². The molecule has 6 nitrogen and oxygen atoms in total. The van der Waals surface area contributed by atoms with Crippen molar-refractivity contribution in [3.05, 3.63) is 119 Å². The molecular weight excluding hydrogens is 404 g/mol. The summed E-state index contributed by atoms with van der Waals surface area (Å²) in [5.41, 5.74) is 3.20. The second-order valence-corrected chi connectivity index (χ2v) is 7.43. The summed E-state index contributed by atoms with van der Waals surface area (Å²) in [6, 6.07) is 26.2. The van der Waals surface area contributed by atoms with Gasteiger partial charge >= 0.3 is 6.03 Å². The Kier molecular flexibility index (Phi) is 4.88. The summed E-state index contributed by atoms with van der Waals surface area (Å²) >= 11 is 0. The number of barbiturate groups is 1. The highest BCUT2D eigenvalue weighted by atomic mass is 16.5. The molecule has 1 unspecified atom stereocenters. The Labute approximate surface area is 184 Å². The normalized spacial score (nSPS) is 17.8. The van der Waals surface area contributed by atoms with Gasteiger partial charge in [0.05, 0.1) is 0 Å². The number of ether oxygens (including phenoxy) is 1. The second kappa shape index (κ2) is 8.00. The lowest BCUT2D eigenvalue weighted by Crippen LogP contribution is -2.51. The van der Waals surface area contributed by atoms with Gasteiger partial charge in [-0.25, -0.2) is 4.79 Å². The fraction of sp³-hybridized carbons (Fsp3) is 0.0385. The molecule has 3 aromatic rings. The Bertz CT molecular complexity index is 1270. The largest absolute Gasteiger partial charge is 0.456 e. The lowest BCUT2D eigenvalue weighted by atomic mass is 9.80. The number of hydrogen-bond donors (Lipinski definition) is 2. The number of urea groups is 1. The van der Waals surface area contributed by atoms with E-state index in [1.165, 1.54) is 6.08 Å². The molecule has 3 aromatic carbocycles. The zero-order valence-electron chi connectivity index (χ0n) is 16.9. The minimum Gasteiger partial charge on any atom is -0.456 e. The van der Waals surface area contributed by atoms with Crippen molar-refractivity contribution in [1.82, 2.24) is 10.6 Å². The van der Waals surface area contributed by atoms with Gasteiger partial charge in [-0.3, -0.25) is 20.2 Å². The Morgan fingerprint density at radius 3 is 2.00 bits per heavy atom. The van der Waals surface area contributed by atoms with E-state index in [0.29, 0.717) is 17.1 Å². The van der Waals surface area contributed by atoms with Crippen LogP contribution >= 0.6 is 0 Å². The molecule has 2 N–H and O–H groups in total. The van der Waals surface area contributed by atoms with Crippen LogP contribution in [0.5, 0.6) is 5.75 Å². The van der Waals surface area contributed by atoms with Gasteiger partial charge in [-0.2, -0.15) is 0 Å². The van der Waals surface area contributed by atoms with Crippen molar-refractivity contribution in [3.63, 3.8) is 0 Å². The summed E-state index contributed by atoms with van der Waals surface area (Å²) in [5, 5.41) is 4.27. The first-order valence-corrected chi connectivity index (χ1v) is 10.1. The average Bonchev–Trinajstić information content (AvgIpc) is 2.81. The van der Waals surface area contributed by atoms with Crippen molar-refractivity contribution in [2.75, 3.05) is 0 Å². The molecule has 1 saturated heterocycles. The van der Waals surface area contributed by atoms with E-state index in [-0.39, 0.29) is 11.5 Å². The highest BCUT2D eigenvalue weighted by Crippen LogP contribution is 2.46. The first-order chi connectivity index (χ1) is 15.6. The third-order valence-electron chi connectivity index (χ3n) is 5.43. The molecular formula is C26H18N2O4. The fourth-order valence-electron chi connectivity index (χ4n) is 4.01. The molecule has 156 valence electrons. The number of benzene rings is 3. The summed E-state index contributed by atoms with van der Waals surface area (Å²) in [6.07, 6.45) is 1.52. The van der Waals surface area contributed by atoms with Crippen molar-refractivity contribution in [1.29, 1.82) is 0 Å². The summed E-state index contributed by atoms with van der Waals surface area (Å²) in [4.78, 5) is 36.5. The molecule has 2 heterocycles. The predicted octanol–water partition coefficient (Wildman–Crippen LogP) is 3.91. The molecule has 32 heavy (non-hydrogen) atoms. The quantitative estimate of drug-likeness (QED) is 0.495. The molecule has 0 bridgehead atoms. The van der Waals surface area contributed by atoms with Crippen LogP contribution in [0, 0.1) is 0 Å². The summed E-state index contributed by atoms with van der Waals surface area (Å²) in [7, 11) is 0. The van der Waals surface area contributed by atoms with Gasteiger partial charge in [0.1, 0.15) is 17.1 Å². The Morgan fingerprint density at radius 1 is 0.719 bits per heavy atom. The van der Waals surface area contributed by atoms with Gasteiger partial charge in [0.25, 0.3) is 11.8 Å². The third kappa shape index (κ3) is 3.48. The van der Waals surface area contributed by atoms with Crippen molar-refractivity contribution in [2.24, 2.45) is 0 Å². The number of imide groups is 2. The molecule has 0 aliphatic carbocycles. The number of carbonyl (C=O) groups is 3. The molecule has 0 radical (unpaired) electrons. The van der Waals surface area contributed by atoms with Gasteiger partial charge in [0.15, 0.2) is 0 Å². The van der Waals surface area contributed by atoms with Crippen LogP contribution < -0.4 is 15.4 Å². The number of nitrogens with one attached hydrogen (secondary N) is 2. The smallest absolute Gasteiger partial charge is 0.328 e. The van der Waals surface area contributed by atoms with Crippen molar-refractivity contribution in [3.8, 4) is 5.75 Å². The summed E-state index contributed by atoms with van der Waals surface area (Å²) in [6.45, 7) is 0. The molecule has 0 aromatic heterocycles. The number of amides is 4. The lowest BCUT2D eigenvalue weighted by Gasteiger charge is -2.30. The van der Waals surface area contributed by atoms with E-state index in [1.807, 2.05) is 84.9 Å². The highest BCUT2D eigenvalue weighted by Gasteiger charge is 2.34. The maximum Gasteiger partial charge on any atom is 0.328 e. The molecule has 0 saturated carbocycles. The van der Waals surface area contributed by atoms with Crippen molar-refractivity contribution in [2.45, 2.75) is 5.92 Å². The van der Waals surface area contributed by atoms with Crippen LogP contribution in [0.4, 0.5) is 4.79 Å². The van der Waals surface area contributed by atoms with E-state index in [0.717, 1.165) is 16.7 Å².